The van der Waals surface area contributed by atoms with Gasteiger partial charge in [0.2, 0.25) is 5.91 Å². The van der Waals surface area contributed by atoms with E-state index in [1.807, 2.05) is 51.1 Å². The van der Waals surface area contributed by atoms with Crippen LogP contribution >= 0.6 is 0 Å². The highest BCUT2D eigenvalue weighted by Crippen LogP contribution is 2.43. The fourth-order valence-electron chi connectivity index (χ4n) is 4.43. The number of hydrogen-bond acceptors (Lipinski definition) is 5. The summed E-state index contributed by atoms with van der Waals surface area (Å²) in [6.45, 7) is 6.91. The highest BCUT2D eigenvalue weighted by atomic mass is 16.5. The summed E-state index contributed by atoms with van der Waals surface area (Å²) in [5.74, 6) is 0.865. The quantitative estimate of drug-likeness (QED) is 0.451. The third-order valence-electron chi connectivity index (χ3n) is 5.89. The molecule has 1 amide bonds. The van der Waals surface area contributed by atoms with E-state index in [0.29, 0.717) is 36.0 Å². The van der Waals surface area contributed by atoms with Gasteiger partial charge in [0.25, 0.3) is 0 Å². The third kappa shape index (κ3) is 4.49. The van der Waals surface area contributed by atoms with Crippen molar-refractivity contribution in [3.05, 3.63) is 88.5 Å². The molecule has 34 heavy (non-hydrogen) atoms. The van der Waals surface area contributed by atoms with E-state index in [4.69, 9.17) is 14.2 Å². The normalized spacial score (nSPS) is 15.0. The minimum atomic E-state index is -0.415. The SMILES string of the molecule is CCOc1cc2c(cc1OCC)C(c1cccc(C)c1)N(c1ccc(C(=O)OC)cc1)C(=O)C2. The fraction of sp³-hybridized carbons (Fsp3) is 0.286. The maximum absolute atomic E-state index is 13.5. The van der Waals surface area contributed by atoms with E-state index in [1.54, 1.807) is 29.2 Å². The van der Waals surface area contributed by atoms with Gasteiger partial charge in [-0.25, -0.2) is 4.79 Å². The van der Waals surface area contributed by atoms with Crippen molar-refractivity contribution < 1.29 is 23.8 Å². The molecule has 0 spiro atoms. The number of hydrogen-bond donors (Lipinski definition) is 0. The molecule has 3 aromatic carbocycles. The molecule has 0 N–H and O–H groups in total. The predicted octanol–water partition coefficient (Wildman–Crippen LogP) is 5.26. The highest BCUT2D eigenvalue weighted by molar-refractivity contribution is 5.99. The standard InChI is InChI=1S/C28H29NO5/c1-5-33-24-15-21-16-26(30)29(22-12-10-19(11-13-22)28(31)32-4)27(20-9-7-8-18(3)14-20)23(21)17-25(24)34-6-2/h7-15,17,27H,5-6,16H2,1-4H3. The Morgan fingerprint density at radius 2 is 1.65 bits per heavy atom. The predicted molar refractivity (Wildman–Crippen MR) is 131 cm³/mol. The molecule has 4 rings (SSSR count). The number of methoxy groups -OCH3 is 1. The lowest BCUT2D eigenvalue weighted by molar-refractivity contribution is -0.118. The minimum absolute atomic E-state index is 0.0311. The number of rotatable bonds is 7. The van der Waals surface area contributed by atoms with Crippen LogP contribution in [0.15, 0.2) is 60.7 Å². The number of esters is 1. The number of benzene rings is 3. The van der Waals surface area contributed by atoms with Crippen LogP contribution < -0.4 is 14.4 Å². The van der Waals surface area contributed by atoms with Crippen LogP contribution in [0.3, 0.4) is 0 Å². The molecule has 6 heteroatoms. The van der Waals surface area contributed by atoms with Gasteiger partial charge in [-0.1, -0.05) is 29.8 Å². The molecule has 176 valence electrons. The Morgan fingerprint density at radius 3 is 2.26 bits per heavy atom. The van der Waals surface area contributed by atoms with E-state index in [2.05, 4.69) is 6.07 Å². The van der Waals surface area contributed by atoms with Crippen molar-refractivity contribution in [1.29, 1.82) is 0 Å². The van der Waals surface area contributed by atoms with Crippen LogP contribution in [0.25, 0.3) is 0 Å². The molecule has 0 aliphatic carbocycles. The van der Waals surface area contributed by atoms with Gasteiger partial charge in [0.15, 0.2) is 11.5 Å². The van der Waals surface area contributed by atoms with Crippen LogP contribution in [0.5, 0.6) is 11.5 Å². The van der Waals surface area contributed by atoms with Crippen molar-refractivity contribution in [2.45, 2.75) is 33.2 Å². The van der Waals surface area contributed by atoms with Gasteiger partial charge in [-0.15, -0.1) is 0 Å². The van der Waals surface area contributed by atoms with Crippen LogP contribution in [0.4, 0.5) is 5.69 Å². The summed E-state index contributed by atoms with van der Waals surface area (Å²) < 4.78 is 16.5. The molecule has 1 aliphatic rings. The van der Waals surface area contributed by atoms with Gasteiger partial charge in [0, 0.05) is 5.69 Å². The minimum Gasteiger partial charge on any atom is -0.490 e. The lowest BCUT2D eigenvalue weighted by Gasteiger charge is -2.38. The van der Waals surface area contributed by atoms with Crippen molar-refractivity contribution in [2.24, 2.45) is 0 Å². The van der Waals surface area contributed by atoms with Gasteiger partial charge in [-0.2, -0.15) is 0 Å². The van der Waals surface area contributed by atoms with Crippen molar-refractivity contribution in [1.82, 2.24) is 0 Å². The molecule has 0 saturated carbocycles. The summed E-state index contributed by atoms with van der Waals surface area (Å²) in [7, 11) is 1.35. The molecule has 0 radical (unpaired) electrons. The maximum atomic E-state index is 13.5. The lowest BCUT2D eigenvalue weighted by Crippen LogP contribution is -2.41. The third-order valence-corrected chi connectivity index (χ3v) is 5.89. The average molecular weight is 460 g/mol. The highest BCUT2D eigenvalue weighted by Gasteiger charge is 2.36. The van der Waals surface area contributed by atoms with Crippen LogP contribution in [0.2, 0.25) is 0 Å². The molecule has 0 fully saturated rings. The van der Waals surface area contributed by atoms with Crippen molar-refractivity contribution in [2.75, 3.05) is 25.2 Å². The summed E-state index contributed by atoms with van der Waals surface area (Å²) in [6.07, 6.45) is 0.239. The maximum Gasteiger partial charge on any atom is 0.337 e. The summed E-state index contributed by atoms with van der Waals surface area (Å²) >= 11 is 0. The Hall–Kier alpha value is -3.80. The Labute approximate surface area is 200 Å². The van der Waals surface area contributed by atoms with Crippen LogP contribution in [-0.4, -0.2) is 32.2 Å². The zero-order chi connectivity index (χ0) is 24.2. The number of nitrogens with zero attached hydrogens (tertiary/aromatic N) is 1. The summed E-state index contributed by atoms with van der Waals surface area (Å²) in [4.78, 5) is 27.3. The smallest absolute Gasteiger partial charge is 0.337 e. The summed E-state index contributed by atoms with van der Waals surface area (Å²) in [5.41, 5.74) is 5.16. The monoisotopic (exact) mass is 459 g/mol. The molecule has 0 saturated heterocycles. The second-order valence-electron chi connectivity index (χ2n) is 8.16. The van der Waals surface area contributed by atoms with Gasteiger partial charge in [-0.05, 0) is 73.9 Å². The van der Waals surface area contributed by atoms with Crippen LogP contribution in [0.1, 0.15) is 52.5 Å². The van der Waals surface area contributed by atoms with Crippen molar-refractivity contribution in [3.8, 4) is 11.5 Å². The van der Waals surface area contributed by atoms with E-state index >= 15 is 0 Å². The zero-order valence-corrected chi connectivity index (χ0v) is 20.0. The zero-order valence-electron chi connectivity index (χ0n) is 20.0. The first kappa shape index (κ1) is 23.4. The van der Waals surface area contributed by atoms with Crippen molar-refractivity contribution in [3.63, 3.8) is 0 Å². The van der Waals surface area contributed by atoms with E-state index in [1.165, 1.54) is 7.11 Å². The molecule has 1 aliphatic heterocycles. The Bertz CT molecular complexity index is 1200. The lowest BCUT2D eigenvalue weighted by atomic mass is 9.86. The summed E-state index contributed by atoms with van der Waals surface area (Å²) in [6, 6.07) is 18.7. The van der Waals surface area contributed by atoms with E-state index in [9.17, 15) is 9.59 Å². The van der Waals surface area contributed by atoms with E-state index < -0.39 is 5.97 Å². The molecule has 1 atom stereocenters. The largest absolute Gasteiger partial charge is 0.490 e. The summed E-state index contributed by atoms with van der Waals surface area (Å²) in [5, 5.41) is 0. The number of amides is 1. The molecule has 0 aromatic heterocycles. The van der Waals surface area contributed by atoms with Crippen molar-refractivity contribution >= 4 is 17.6 Å². The first-order valence-corrected chi connectivity index (χ1v) is 11.5. The Balaban J connectivity index is 1.88. The number of carbonyl (C=O) groups excluding carboxylic acids is 2. The molecular formula is C28H29NO5. The second kappa shape index (κ2) is 10.00. The topological polar surface area (TPSA) is 65.1 Å². The Morgan fingerprint density at radius 1 is 0.971 bits per heavy atom. The second-order valence-corrected chi connectivity index (χ2v) is 8.16. The fourth-order valence-corrected chi connectivity index (χ4v) is 4.43. The van der Waals surface area contributed by atoms with Gasteiger partial charge in [0.1, 0.15) is 0 Å². The number of aryl methyl sites for hydroxylation is 1. The molecular weight excluding hydrogens is 430 g/mol. The Kier molecular flexibility index (Phi) is 6.87. The van der Waals surface area contributed by atoms with Gasteiger partial charge >= 0.3 is 5.97 Å². The number of carbonyl (C=O) groups is 2. The molecule has 0 bridgehead atoms. The molecule has 6 nitrogen and oxygen atoms in total. The van der Waals surface area contributed by atoms with E-state index in [-0.39, 0.29) is 18.4 Å². The van der Waals surface area contributed by atoms with Gasteiger partial charge in [-0.3, -0.25) is 4.79 Å². The first-order chi connectivity index (χ1) is 16.5. The number of anilines is 1. The van der Waals surface area contributed by atoms with Crippen LogP contribution in [0, 0.1) is 6.92 Å². The van der Waals surface area contributed by atoms with Gasteiger partial charge in [0.05, 0.1) is 38.3 Å². The van der Waals surface area contributed by atoms with Crippen LogP contribution in [-0.2, 0) is 16.0 Å². The molecule has 3 aromatic rings. The number of fused-ring (bicyclic) bond motifs is 1. The van der Waals surface area contributed by atoms with E-state index in [0.717, 1.165) is 22.3 Å². The average Bonchev–Trinajstić information content (AvgIpc) is 2.84. The first-order valence-electron chi connectivity index (χ1n) is 11.5. The van der Waals surface area contributed by atoms with Gasteiger partial charge < -0.3 is 19.1 Å². The number of ether oxygens (including phenoxy) is 3. The molecule has 1 heterocycles. The molecule has 1 unspecified atom stereocenters.